The number of amides is 2. The number of hydrogen-bond donors (Lipinski definition) is 7. The Bertz CT molecular complexity index is 4320. The van der Waals surface area contributed by atoms with Crippen molar-refractivity contribution in [2.75, 3.05) is 54.8 Å². The summed E-state index contributed by atoms with van der Waals surface area (Å²) in [6, 6.07) is 22.1. The van der Waals surface area contributed by atoms with Gasteiger partial charge in [-0.3, -0.25) is 28.8 Å². The van der Waals surface area contributed by atoms with Crippen molar-refractivity contribution >= 4 is 82.1 Å². The largest absolute Gasteiger partial charge is 0.489 e. The molecule has 0 aliphatic heterocycles. The quantitative estimate of drug-likeness (QED) is 0.0126. The second-order valence-corrected chi connectivity index (χ2v) is 22.8. The average molecular weight is 1390 g/mol. The summed E-state index contributed by atoms with van der Waals surface area (Å²) in [6.07, 6.45) is -6.71. The average Bonchev–Trinajstić information content (AvgIpc) is 1.75. The minimum absolute atomic E-state index is 0.00107. The van der Waals surface area contributed by atoms with Gasteiger partial charge in [-0.05, 0) is 149 Å². The Morgan fingerprint density at radius 1 is 0.515 bits per heavy atom. The molecule has 97 heavy (non-hydrogen) atoms. The van der Waals surface area contributed by atoms with Crippen molar-refractivity contribution in [3.8, 4) is 23.5 Å². The maximum Gasteiger partial charge on any atom is 0.422 e. The third kappa shape index (κ3) is 18.5. The van der Waals surface area contributed by atoms with Gasteiger partial charge in [-0.15, -0.1) is 0 Å². The maximum absolute atomic E-state index is 13.0. The molecule has 0 spiro atoms. The zero-order chi connectivity index (χ0) is 70.0. The van der Waals surface area contributed by atoms with Crippen molar-refractivity contribution in [2.24, 2.45) is 0 Å². The summed E-state index contributed by atoms with van der Waals surface area (Å²) < 4.78 is 102. The zero-order valence-electron chi connectivity index (χ0n) is 51.3. The molecule has 2 aliphatic carbocycles. The van der Waals surface area contributed by atoms with E-state index in [0.717, 1.165) is 18.2 Å². The summed E-state index contributed by atoms with van der Waals surface area (Å²) in [5.41, 5.74) is -1.11. The third-order valence-electron chi connectivity index (χ3n) is 15.0. The van der Waals surface area contributed by atoms with Crippen LogP contribution in [0.1, 0.15) is 95.3 Å². The molecular formula is C63H58Cl2F6N12O14. The van der Waals surface area contributed by atoms with Crippen LogP contribution in [-0.4, -0.2) is 117 Å². The summed E-state index contributed by atoms with van der Waals surface area (Å²) in [4.78, 5) is 122. The Kier molecular flexibility index (Phi) is 21.9. The monoisotopic (exact) mass is 1390 g/mol. The van der Waals surface area contributed by atoms with Crippen LogP contribution in [0.4, 0.5) is 61.5 Å². The van der Waals surface area contributed by atoms with Crippen LogP contribution in [0.2, 0.25) is 10.0 Å². The molecule has 0 radical (unpaired) electrons. The molecule has 2 fully saturated rings. The highest BCUT2D eigenvalue weighted by atomic mass is 35.5. The lowest BCUT2D eigenvalue weighted by molar-refractivity contribution is -0.155. The number of anilines is 6. The fourth-order valence-corrected chi connectivity index (χ4v) is 10.1. The Balaban J connectivity index is 0.000000227. The number of ether oxygens (including phenoxy) is 5. The van der Waals surface area contributed by atoms with Gasteiger partial charge in [0.2, 0.25) is 34.7 Å². The number of esters is 1. The number of rotatable bonds is 30. The number of nitrogens with zero attached hydrogens (tertiary/aromatic N) is 6. The molecule has 7 N–H and O–H groups in total. The molecule has 2 heterocycles. The summed E-state index contributed by atoms with van der Waals surface area (Å²) >= 11 is 12.0. The van der Waals surface area contributed by atoms with Gasteiger partial charge in [-0.1, -0.05) is 47.5 Å². The Morgan fingerprint density at radius 3 is 1.22 bits per heavy atom. The molecule has 26 nitrogen and oxygen atoms in total. The lowest BCUT2D eigenvalue weighted by Crippen LogP contribution is -2.43. The van der Waals surface area contributed by atoms with Crippen LogP contribution in [0.3, 0.4) is 0 Å². The first-order chi connectivity index (χ1) is 46.1. The molecule has 2 atom stereocenters. The van der Waals surface area contributed by atoms with Crippen LogP contribution in [-0.2, 0) is 38.2 Å². The fraction of sp³-hybridized carbons (Fsp3) is 0.333. The standard InChI is InChI=1S/C32H30ClF3N6O7.C31H28ClF3N6O7/c1-3-48-25-21(23(43)24(25)44)12-13-22(27(46)47-2)38-26(45)17-4-10-20(11-5-17)37-28-39-29(41-30(40-28)49-16-32(34,35)36)42-31(14-15-31)18-6-8-19(33)9-7-18;1-2-47-24-20(22(42)23(24)43)11-12-21(26(45)46)37-25(44)16-3-9-19(10-4-16)36-27-38-28(40-29(39-27)48-15-31(33,34)35)41-30(13-14-30)17-5-7-18(32)8-6-17/h4-11,22H,3,12-16H2,1-2H3,(H,38,45)(H2,37,39,40,41,42);3-10,21H,2,11-15H2,1H3,(H,37,44)(H,45,46)(H2,36,38,39,40,41)/t22-;21-/m00/s1. The number of carbonyl (C=O) groups excluding carboxylic acids is 3. The number of methoxy groups -OCH3 is 1. The normalized spacial score (nSPS) is 14.1. The predicted molar refractivity (Wildman–Crippen MR) is 338 cm³/mol. The van der Waals surface area contributed by atoms with Crippen LogP contribution >= 0.6 is 23.2 Å². The van der Waals surface area contributed by atoms with Crippen LogP contribution in [0.15, 0.2) is 116 Å². The number of carboxylic acids is 1. The molecule has 0 bridgehead atoms. The van der Waals surface area contributed by atoms with E-state index in [9.17, 15) is 69.8 Å². The van der Waals surface area contributed by atoms with Crippen molar-refractivity contribution < 1.29 is 74.3 Å². The first-order valence-electron chi connectivity index (χ1n) is 29.6. The Hall–Kier alpha value is -10.5. The zero-order valence-corrected chi connectivity index (χ0v) is 52.9. The molecule has 0 saturated heterocycles. The van der Waals surface area contributed by atoms with Crippen molar-refractivity contribution in [3.63, 3.8) is 0 Å². The SMILES string of the molecule is CCOc1c(CC[C@H](NC(=O)c2ccc(Nc3nc(NC4(c5ccc(Cl)cc5)CC4)nc(OCC(F)(F)F)n3)cc2)C(=O)O)c(=O)c1=O.CCOc1c(CC[C@H](NC(=O)c2ccc(Nc3nc(NC4(c5ccc(Cl)cc5)CC4)nc(OCC(F)(F)F)n3)cc2)C(=O)OC)c(=O)c1=O. The number of hydrogen-bond acceptors (Lipinski definition) is 23. The summed E-state index contributed by atoms with van der Waals surface area (Å²) in [7, 11) is 1.15. The highest BCUT2D eigenvalue weighted by Gasteiger charge is 2.46. The summed E-state index contributed by atoms with van der Waals surface area (Å²) in [5, 5.41) is 27.7. The first kappa shape index (κ1) is 70.8. The van der Waals surface area contributed by atoms with Gasteiger partial charge in [0, 0.05) is 32.5 Å². The molecule has 2 amide bonds. The molecule has 6 aromatic carbocycles. The fourth-order valence-electron chi connectivity index (χ4n) is 9.81. The molecule has 2 aliphatic rings. The molecule has 0 unspecified atom stereocenters. The Morgan fingerprint density at radius 2 is 0.876 bits per heavy atom. The second-order valence-electron chi connectivity index (χ2n) is 22.0. The van der Waals surface area contributed by atoms with Gasteiger partial charge in [0.05, 0.1) is 42.5 Å². The minimum Gasteiger partial charge on any atom is -0.489 e. The number of benzene rings is 4. The first-order valence-corrected chi connectivity index (χ1v) is 30.4. The van der Waals surface area contributed by atoms with Crippen molar-refractivity contribution in [1.29, 1.82) is 0 Å². The molecule has 34 heteroatoms. The van der Waals surface area contributed by atoms with E-state index in [2.05, 4.69) is 61.8 Å². The van der Waals surface area contributed by atoms with Crippen LogP contribution in [0.5, 0.6) is 23.5 Å². The number of carboxylic acid groups (broad SMARTS) is 1. The topological polar surface area (TPSA) is 352 Å². The molecule has 510 valence electrons. The molecular weight excluding hydrogens is 1330 g/mol. The lowest BCUT2D eigenvalue weighted by Gasteiger charge is -2.19. The molecule has 10 rings (SSSR count). The molecule has 8 aromatic rings. The van der Waals surface area contributed by atoms with Gasteiger partial charge < -0.3 is 60.7 Å². The summed E-state index contributed by atoms with van der Waals surface area (Å²) in [6.45, 7) is 0.398. The number of aliphatic carboxylic acids is 1. The predicted octanol–water partition coefficient (Wildman–Crippen LogP) is 8.33. The van der Waals surface area contributed by atoms with Gasteiger partial charge in [0.25, 0.3) is 22.7 Å². The van der Waals surface area contributed by atoms with E-state index in [1.54, 1.807) is 38.1 Å². The summed E-state index contributed by atoms with van der Waals surface area (Å²) in [5.74, 6) is -3.93. The van der Waals surface area contributed by atoms with Crippen LogP contribution < -0.4 is 72.6 Å². The number of nitrogens with one attached hydrogen (secondary N) is 6. The van der Waals surface area contributed by atoms with E-state index in [1.807, 2.05) is 24.3 Å². The second kappa shape index (κ2) is 30.1. The maximum atomic E-state index is 13.0. The highest BCUT2D eigenvalue weighted by Crippen LogP contribution is 2.49. The molecule has 2 saturated carbocycles. The lowest BCUT2D eigenvalue weighted by atomic mass is 10.00. The Labute approximate surface area is 555 Å². The van der Waals surface area contributed by atoms with Gasteiger partial charge >= 0.3 is 36.3 Å². The number of carbonyl (C=O) groups is 4. The number of halogens is 8. The van der Waals surface area contributed by atoms with E-state index in [0.29, 0.717) is 47.1 Å². The van der Waals surface area contributed by atoms with Gasteiger partial charge in [0.15, 0.2) is 24.7 Å². The smallest absolute Gasteiger partial charge is 0.422 e. The van der Waals surface area contributed by atoms with E-state index in [-0.39, 0.29) is 96.4 Å². The molecule has 2 aromatic heterocycles. The highest BCUT2D eigenvalue weighted by molar-refractivity contribution is 6.30. The number of aromatic nitrogens is 6. The van der Waals surface area contributed by atoms with E-state index in [4.69, 9.17) is 46.9 Å². The number of alkyl halides is 6. The van der Waals surface area contributed by atoms with Gasteiger partial charge in [-0.25, -0.2) is 9.59 Å². The minimum atomic E-state index is -4.64. The van der Waals surface area contributed by atoms with E-state index < -0.39 is 106 Å². The van der Waals surface area contributed by atoms with E-state index >= 15 is 0 Å². The van der Waals surface area contributed by atoms with Crippen LogP contribution in [0, 0.1) is 0 Å². The van der Waals surface area contributed by atoms with Crippen LogP contribution in [0.25, 0.3) is 0 Å². The van der Waals surface area contributed by atoms with E-state index in [1.165, 1.54) is 48.5 Å². The van der Waals surface area contributed by atoms with Gasteiger partial charge in [0.1, 0.15) is 12.1 Å². The van der Waals surface area contributed by atoms with Crippen molar-refractivity contribution in [2.45, 2.75) is 101 Å². The van der Waals surface area contributed by atoms with Gasteiger partial charge in [-0.2, -0.15) is 56.2 Å². The third-order valence-corrected chi connectivity index (χ3v) is 15.5. The van der Waals surface area contributed by atoms with Crippen molar-refractivity contribution in [1.82, 2.24) is 40.5 Å². The van der Waals surface area contributed by atoms with Crippen molar-refractivity contribution in [3.05, 3.63) is 181 Å².